The zero-order valence-electron chi connectivity index (χ0n) is 10.9. The lowest BCUT2D eigenvalue weighted by Gasteiger charge is -2.10. The zero-order valence-corrected chi connectivity index (χ0v) is 10.9. The van der Waals surface area contributed by atoms with Crippen molar-refractivity contribution < 1.29 is 9.18 Å². The van der Waals surface area contributed by atoms with E-state index in [1.807, 2.05) is 14.1 Å². The summed E-state index contributed by atoms with van der Waals surface area (Å²) >= 11 is 0. The maximum Gasteiger partial charge on any atom is 0.248 e. The summed E-state index contributed by atoms with van der Waals surface area (Å²) in [5.74, 6) is -0.857. The smallest absolute Gasteiger partial charge is 0.248 e. The molecule has 1 rings (SSSR count). The second kappa shape index (κ2) is 7.08. The second-order valence-electron chi connectivity index (χ2n) is 4.50. The fourth-order valence-electron chi connectivity index (χ4n) is 1.61. The molecule has 0 atom stereocenters. The Kier molecular flexibility index (Phi) is 5.74. The molecule has 18 heavy (non-hydrogen) atoms. The average molecular weight is 253 g/mol. The number of amides is 1. The van der Waals surface area contributed by atoms with Gasteiger partial charge in [0.15, 0.2) is 0 Å². The van der Waals surface area contributed by atoms with Crippen molar-refractivity contribution in [2.75, 3.05) is 27.2 Å². The fraction of sp³-hybridized carbons (Fsp3) is 0.462. The minimum absolute atomic E-state index is 0.319. The number of nitrogens with one attached hydrogen (secondary N) is 1. The maximum absolute atomic E-state index is 13.5. The number of primary amides is 1. The predicted molar refractivity (Wildman–Crippen MR) is 69.8 cm³/mol. The van der Waals surface area contributed by atoms with E-state index in [0.29, 0.717) is 17.7 Å². The third kappa shape index (κ3) is 4.81. The Balaban J connectivity index is 2.46. The van der Waals surface area contributed by atoms with Crippen molar-refractivity contribution >= 4 is 5.91 Å². The molecule has 0 spiro atoms. The number of benzene rings is 1. The summed E-state index contributed by atoms with van der Waals surface area (Å²) in [6.45, 7) is 2.19. The average Bonchev–Trinajstić information content (AvgIpc) is 2.30. The molecule has 1 amide bonds. The van der Waals surface area contributed by atoms with Crippen LogP contribution in [-0.4, -0.2) is 38.0 Å². The van der Waals surface area contributed by atoms with Crippen LogP contribution in [0.15, 0.2) is 18.2 Å². The molecule has 0 aliphatic heterocycles. The highest BCUT2D eigenvalue weighted by atomic mass is 19.1. The van der Waals surface area contributed by atoms with Gasteiger partial charge in [-0.3, -0.25) is 4.79 Å². The summed E-state index contributed by atoms with van der Waals surface area (Å²) in [4.78, 5) is 13.1. The summed E-state index contributed by atoms with van der Waals surface area (Å²) in [5, 5.41) is 3.15. The normalized spacial score (nSPS) is 10.9. The van der Waals surface area contributed by atoms with Crippen LogP contribution < -0.4 is 11.1 Å². The molecule has 0 bridgehead atoms. The lowest BCUT2D eigenvalue weighted by atomic mass is 10.1. The van der Waals surface area contributed by atoms with Crippen molar-refractivity contribution in [2.24, 2.45) is 5.73 Å². The molecule has 0 aliphatic rings. The zero-order chi connectivity index (χ0) is 13.5. The van der Waals surface area contributed by atoms with Crippen molar-refractivity contribution in [1.82, 2.24) is 10.2 Å². The summed E-state index contributed by atoms with van der Waals surface area (Å²) < 4.78 is 13.5. The Bertz CT molecular complexity index is 407. The van der Waals surface area contributed by atoms with Crippen molar-refractivity contribution in [1.29, 1.82) is 0 Å². The molecule has 4 nitrogen and oxygen atoms in total. The van der Waals surface area contributed by atoms with Gasteiger partial charge in [0.1, 0.15) is 5.82 Å². The number of nitrogens with zero attached hydrogens (tertiary/aromatic N) is 1. The fourth-order valence-corrected chi connectivity index (χ4v) is 1.61. The van der Waals surface area contributed by atoms with Gasteiger partial charge in [-0.25, -0.2) is 4.39 Å². The van der Waals surface area contributed by atoms with Crippen LogP contribution in [0.25, 0.3) is 0 Å². The molecule has 100 valence electrons. The Hall–Kier alpha value is -1.46. The van der Waals surface area contributed by atoms with Crippen molar-refractivity contribution in [3.63, 3.8) is 0 Å². The van der Waals surface area contributed by atoms with E-state index in [-0.39, 0.29) is 5.82 Å². The molecule has 0 heterocycles. The number of halogens is 1. The molecule has 0 unspecified atom stereocenters. The molecule has 3 N–H and O–H groups in total. The van der Waals surface area contributed by atoms with Gasteiger partial charge in [-0.05, 0) is 51.8 Å². The summed E-state index contributed by atoms with van der Waals surface area (Å²) in [6.07, 6.45) is 0.990. The molecule has 1 aromatic rings. The Labute approximate surface area is 107 Å². The number of rotatable bonds is 7. The topological polar surface area (TPSA) is 58.4 Å². The van der Waals surface area contributed by atoms with Crippen LogP contribution in [0, 0.1) is 5.82 Å². The number of carbonyl (C=O) groups is 1. The minimum atomic E-state index is -0.538. The monoisotopic (exact) mass is 253 g/mol. The van der Waals surface area contributed by atoms with Gasteiger partial charge in [0.25, 0.3) is 0 Å². The van der Waals surface area contributed by atoms with Gasteiger partial charge in [-0.15, -0.1) is 0 Å². The number of hydrogen-bond donors (Lipinski definition) is 2. The van der Waals surface area contributed by atoms with Crippen LogP contribution >= 0.6 is 0 Å². The molecule has 0 aromatic heterocycles. The molecular formula is C13H20FN3O. The van der Waals surface area contributed by atoms with E-state index in [1.165, 1.54) is 18.2 Å². The number of hydrogen-bond acceptors (Lipinski definition) is 3. The summed E-state index contributed by atoms with van der Waals surface area (Å²) in [6, 6.07) is 4.17. The summed E-state index contributed by atoms with van der Waals surface area (Å²) in [7, 11) is 4.02. The highest BCUT2D eigenvalue weighted by molar-refractivity contribution is 5.92. The van der Waals surface area contributed by atoms with Gasteiger partial charge in [-0.2, -0.15) is 0 Å². The molecular weight excluding hydrogens is 233 g/mol. The molecule has 0 fully saturated rings. The number of nitrogens with two attached hydrogens (primary N) is 1. The van der Waals surface area contributed by atoms with Gasteiger partial charge < -0.3 is 16.0 Å². The molecule has 0 radical (unpaired) electrons. The second-order valence-corrected chi connectivity index (χ2v) is 4.50. The molecule has 1 aromatic carbocycles. The van der Waals surface area contributed by atoms with E-state index < -0.39 is 5.91 Å². The van der Waals surface area contributed by atoms with Crippen LogP contribution in [-0.2, 0) is 6.54 Å². The first-order chi connectivity index (χ1) is 8.50. The van der Waals surface area contributed by atoms with Crippen LogP contribution in [0.4, 0.5) is 4.39 Å². The van der Waals surface area contributed by atoms with Crippen LogP contribution in [0.1, 0.15) is 22.3 Å². The van der Waals surface area contributed by atoms with Gasteiger partial charge in [0.05, 0.1) is 0 Å². The highest BCUT2D eigenvalue weighted by Crippen LogP contribution is 2.10. The van der Waals surface area contributed by atoms with E-state index in [1.54, 1.807) is 0 Å². The van der Waals surface area contributed by atoms with Gasteiger partial charge in [0, 0.05) is 17.7 Å². The Morgan fingerprint density at radius 2 is 2.17 bits per heavy atom. The van der Waals surface area contributed by atoms with E-state index in [0.717, 1.165) is 19.5 Å². The SMILES string of the molecule is CN(C)CCCNCc1cc(C(N)=O)ccc1F. The van der Waals surface area contributed by atoms with E-state index >= 15 is 0 Å². The largest absolute Gasteiger partial charge is 0.366 e. The lowest BCUT2D eigenvalue weighted by Crippen LogP contribution is -2.21. The van der Waals surface area contributed by atoms with Crippen molar-refractivity contribution in [3.05, 3.63) is 35.1 Å². The van der Waals surface area contributed by atoms with Crippen molar-refractivity contribution in [2.45, 2.75) is 13.0 Å². The van der Waals surface area contributed by atoms with Crippen LogP contribution in [0.2, 0.25) is 0 Å². The molecule has 0 aliphatic carbocycles. The van der Waals surface area contributed by atoms with Gasteiger partial charge in [-0.1, -0.05) is 0 Å². The van der Waals surface area contributed by atoms with Crippen molar-refractivity contribution in [3.8, 4) is 0 Å². The Morgan fingerprint density at radius 1 is 1.44 bits per heavy atom. The minimum Gasteiger partial charge on any atom is -0.366 e. The van der Waals surface area contributed by atoms with Crippen LogP contribution in [0.3, 0.4) is 0 Å². The van der Waals surface area contributed by atoms with E-state index in [4.69, 9.17) is 5.73 Å². The third-order valence-corrected chi connectivity index (χ3v) is 2.60. The van der Waals surface area contributed by atoms with Gasteiger partial charge in [0.2, 0.25) is 5.91 Å². The first-order valence-corrected chi connectivity index (χ1v) is 5.94. The van der Waals surface area contributed by atoms with Gasteiger partial charge >= 0.3 is 0 Å². The third-order valence-electron chi connectivity index (χ3n) is 2.60. The Morgan fingerprint density at radius 3 is 2.78 bits per heavy atom. The first-order valence-electron chi connectivity index (χ1n) is 5.94. The first kappa shape index (κ1) is 14.6. The highest BCUT2D eigenvalue weighted by Gasteiger charge is 2.06. The van der Waals surface area contributed by atoms with Crippen LogP contribution in [0.5, 0.6) is 0 Å². The molecule has 5 heteroatoms. The standard InChI is InChI=1S/C13H20FN3O/c1-17(2)7-3-6-16-9-11-8-10(13(15)18)4-5-12(11)14/h4-5,8,16H,3,6-7,9H2,1-2H3,(H2,15,18). The maximum atomic E-state index is 13.5. The molecule has 0 saturated carbocycles. The predicted octanol–water partition coefficient (Wildman–Crippen LogP) is 0.966. The molecule has 0 saturated heterocycles. The lowest BCUT2D eigenvalue weighted by molar-refractivity contribution is 0.1000. The quantitative estimate of drug-likeness (QED) is 0.712. The van der Waals surface area contributed by atoms with E-state index in [9.17, 15) is 9.18 Å². The van der Waals surface area contributed by atoms with E-state index in [2.05, 4.69) is 10.2 Å². The number of carbonyl (C=O) groups excluding carboxylic acids is 1. The summed E-state index contributed by atoms with van der Waals surface area (Å²) in [5.41, 5.74) is 5.96.